The van der Waals surface area contributed by atoms with E-state index in [0.717, 1.165) is 12.5 Å². The highest BCUT2D eigenvalue weighted by Gasteiger charge is 1.94. The number of unbranched alkanes of at least 4 members (excludes halogenated alkanes) is 1. The Hall–Kier alpha value is -0.790. The van der Waals surface area contributed by atoms with Crippen LogP contribution >= 0.6 is 0 Å². The molecule has 1 rings (SSSR count). The van der Waals surface area contributed by atoms with Gasteiger partial charge in [-0.25, -0.2) is 4.98 Å². The summed E-state index contributed by atoms with van der Waals surface area (Å²) in [5, 5.41) is 0. The van der Waals surface area contributed by atoms with E-state index >= 15 is 0 Å². The maximum atomic E-state index is 3.98. The highest BCUT2D eigenvalue weighted by Crippen LogP contribution is 2.06. The molecule has 12 heavy (non-hydrogen) atoms. The van der Waals surface area contributed by atoms with Crippen LogP contribution in [0.1, 0.15) is 26.7 Å². The van der Waals surface area contributed by atoms with Gasteiger partial charge in [-0.2, -0.15) is 0 Å². The van der Waals surface area contributed by atoms with E-state index in [9.17, 15) is 0 Å². The van der Waals surface area contributed by atoms with Crippen molar-refractivity contribution in [1.82, 2.24) is 9.55 Å². The number of hydrogen-bond donors (Lipinski definition) is 0. The first kappa shape index (κ1) is 9.30. The van der Waals surface area contributed by atoms with E-state index in [4.69, 9.17) is 0 Å². The van der Waals surface area contributed by atoms with Crippen molar-refractivity contribution in [2.75, 3.05) is 0 Å². The highest BCUT2D eigenvalue weighted by atomic mass is 15.0. The Balaban J connectivity index is 2.04. The SMILES string of the molecule is CC(C)CC[CH]Cn1ccnc1. The van der Waals surface area contributed by atoms with Gasteiger partial charge in [-0.3, -0.25) is 0 Å². The van der Waals surface area contributed by atoms with Crippen molar-refractivity contribution in [2.45, 2.75) is 33.2 Å². The molecule has 2 nitrogen and oxygen atoms in total. The quantitative estimate of drug-likeness (QED) is 0.613. The molecule has 0 atom stereocenters. The summed E-state index contributed by atoms with van der Waals surface area (Å²) in [6, 6.07) is 0. The maximum Gasteiger partial charge on any atom is 0.0945 e. The van der Waals surface area contributed by atoms with Gasteiger partial charge in [-0.05, 0) is 18.8 Å². The summed E-state index contributed by atoms with van der Waals surface area (Å²) in [7, 11) is 0. The van der Waals surface area contributed by atoms with Crippen LogP contribution in [0.25, 0.3) is 0 Å². The largest absolute Gasteiger partial charge is 0.337 e. The van der Waals surface area contributed by atoms with Crippen LogP contribution in [0.4, 0.5) is 0 Å². The van der Waals surface area contributed by atoms with Crippen molar-refractivity contribution in [3.63, 3.8) is 0 Å². The van der Waals surface area contributed by atoms with Gasteiger partial charge in [0, 0.05) is 18.9 Å². The Morgan fingerprint density at radius 2 is 2.33 bits per heavy atom. The molecule has 0 unspecified atom stereocenters. The van der Waals surface area contributed by atoms with Gasteiger partial charge >= 0.3 is 0 Å². The summed E-state index contributed by atoms with van der Waals surface area (Å²) in [6.07, 6.45) is 10.5. The predicted molar refractivity (Wildman–Crippen MR) is 50.6 cm³/mol. The second kappa shape index (κ2) is 4.96. The molecule has 1 radical (unpaired) electrons. The summed E-state index contributed by atoms with van der Waals surface area (Å²) < 4.78 is 2.08. The highest BCUT2D eigenvalue weighted by molar-refractivity contribution is 4.77. The number of rotatable bonds is 5. The third kappa shape index (κ3) is 3.56. The van der Waals surface area contributed by atoms with Gasteiger partial charge in [0.2, 0.25) is 0 Å². The molecular weight excluding hydrogens is 148 g/mol. The monoisotopic (exact) mass is 165 g/mol. The molecule has 1 aromatic rings. The van der Waals surface area contributed by atoms with Gasteiger partial charge in [-0.1, -0.05) is 20.3 Å². The van der Waals surface area contributed by atoms with E-state index in [-0.39, 0.29) is 0 Å². The number of imidazole rings is 1. The van der Waals surface area contributed by atoms with Gasteiger partial charge in [0.1, 0.15) is 0 Å². The normalized spacial score (nSPS) is 10.9. The second-order valence-corrected chi connectivity index (χ2v) is 3.52. The van der Waals surface area contributed by atoms with Crippen molar-refractivity contribution >= 4 is 0 Å². The summed E-state index contributed by atoms with van der Waals surface area (Å²) in [6.45, 7) is 5.50. The van der Waals surface area contributed by atoms with E-state index in [2.05, 4.69) is 29.8 Å². The van der Waals surface area contributed by atoms with Crippen molar-refractivity contribution in [3.05, 3.63) is 25.1 Å². The van der Waals surface area contributed by atoms with E-state index in [0.29, 0.717) is 0 Å². The molecule has 67 valence electrons. The number of nitrogens with zero attached hydrogens (tertiary/aromatic N) is 2. The number of hydrogen-bond acceptors (Lipinski definition) is 1. The van der Waals surface area contributed by atoms with Crippen molar-refractivity contribution < 1.29 is 0 Å². The summed E-state index contributed by atoms with van der Waals surface area (Å²) in [4.78, 5) is 3.98. The first-order valence-corrected chi connectivity index (χ1v) is 4.56. The molecular formula is C10H17N2. The number of aromatic nitrogens is 2. The van der Waals surface area contributed by atoms with Crippen LogP contribution in [0.15, 0.2) is 18.7 Å². The third-order valence-electron chi connectivity index (χ3n) is 1.85. The van der Waals surface area contributed by atoms with Crippen LogP contribution in [0.2, 0.25) is 0 Å². The molecule has 0 N–H and O–H groups in total. The van der Waals surface area contributed by atoms with Crippen LogP contribution in [0, 0.1) is 12.3 Å². The van der Waals surface area contributed by atoms with E-state index in [1.165, 1.54) is 12.8 Å². The standard InChI is InChI=1S/C10H17N2/c1-10(2)5-3-4-7-12-8-6-11-9-12/h4,6,8-10H,3,5,7H2,1-2H3. The average molecular weight is 165 g/mol. The zero-order valence-corrected chi connectivity index (χ0v) is 7.90. The Bertz CT molecular complexity index is 190. The first-order chi connectivity index (χ1) is 5.79. The smallest absolute Gasteiger partial charge is 0.0945 e. The molecule has 0 saturated heterocycles. The minimum atomic E-state index is 0.809. The van der Waals surface area contributed by atoms with Crippen molar-refractivity contribution in [3.8, 4) is 0 Å². The molecule has 1 heterocycles. The van der Waals surface area contributed by atoms with Crippen molar-refractivity contribution in [2.24, 2.45) is 5.92 Å². The third-order valence-corrected chi connectivity index (χ3v) is 1.85. The molecule has 0 aliphatic heterocycles. The lowest BCUT2D eigenvalue weighted by Crippen LogP contribution is -1.96. The van der Waals surface area contributed by atoms with Gasteiger partial charge in [0.05, 0.1) is 6.33 Å². The van der Waals surface area contributed by atoms with Crippen LogP contribution < -0.4 is 0 Å². The Kier molecular flexibility index (Phi) is 3.85. The summed E-state index contributed by atoms with van der Waals surface area (Å²) in [5.41, 5.74) is 0. The second-order valence-electron chi connectivity index (χ2n) is 3.52. The first-order valence-electron chi connectivity index (χ1n) is 4.56. The molecule has 0 aliphatic rings. The molecule has 0 fully saturated rings. The summed E-state index contributed by atoms with van der Waals surface area (Å²) in [5.74, 6) is 0.809. The van der Waals surface area contributed by atoms with Crippen LogP contribution in [-0.2, 0) is 6.54 Å². The Morgan fingerprint density at radius 1 is 1.50 bits per heavy atom. The molecule has 0 aliphatic carbocycles. The fourth-order valence-corrected chi connectivity index (χ4v) is 1.09. The van der Waals surface area contributed by atoms with Crippen LogP contribution in [0.3, 0.4) is 0 Å². The topological polar surface area (TPSA) is 17.8 Å². The van der Waals surface area contributed by atoms with Gasteiger partial charge < -0.3 is 4.57 Å². The molecule has 2 heteroatoms. The minimum Gasteiger partial charge on any atom is -0.337 e. The zero-order valence-electron chi connectivity index (χ0n) is 7.90. The molecule has 0 aromatic carbocycles. The molecule has 0 spiro atoms. The lowest BCUT2D eigenvalue weighted by Gasteiger charge is -2.04. The fraction of sp³-hybridized carbons (Fsp3) is 0.600. The van der Waals surface area contributed by atoms with Crippen LogP contribution in [0.5, 0.6) is 0 Å². The Morgan fingerprint density at radius 3 is 2.92 bits per heavy atom. The molecule has 0 bridgehead atoms. The lowest BCUT2D eigenvalue weighted by atomic mass is 10.1. The van der Waals surface area contributed by atoms with E-state index < -0.39 is 0 Å². The van der Waals surface area contributed by atoms with Crippen molar-refractivity contribution in [1.29, 1.82) is 0 Å². The molecule has 0 amide bonds. The van der Waals surface area contributed by atoms with Gasteiger partial charge in [-0.15, -0.1) is 0 Å². The van der Waals surface area contributed by atoms with Gasteiger partial charge in [0.15, 0.2) is 0 Å². The lowest BCUT2D eigenvalue weighted by molar-refractivity contribution is 0.566. The fourth-order valence-electron chi connectivity index (χ4n) is 1.09. The van der Waals surface area contributed by atoms with E-state index in [1.54, 1.807) is 0 Å². The predicted octanol–water partition coefficient (Wildman–Crippen LogP) is 2.52. The maximum absolute atomic E-state index is 3.98. The van der Waals surface area contributed by atoms with E-state index in [1.807, 2.05) is 18.7 Å². The molecule has 0 saturated carbocycles. The van der Waals surface area contributed by atoms with Crippen LogP contribution in [-0.4, -0.2) is 9.55 Å². The van der Waals surface area contributed by atoms with Gasteiger partial charge in [0.25, 0.3) is 0 Å². The average Bonchev–Trinajstić information content (AvgIpc) is 2.49. The minimum absolute atomic E-state index is 0.809. The zero-order chi connectivity index (χ0) is 8.81. The molecule has 1 aromatic heterocycles. The Labute approximate surface area is 74.6 Å². The summed E-state index contributed by atoms with van der Waals surface area (Å²) >= 11 is 0.